The number of halogens is 1. The monoisotopic (exact) mass is 419 g/mol. The molecular weight excluding hydrogens is 402 g/mol. The van der Waals surface area contributed by atoms with Crippen LogP contribution in [0.5, 0.6) is 5.75 Å². The Morgan fingerprint density at radius 2 is 1.66 bits per heavy atom. The van der Waals surface area contributed by atoms with Crippen LogP contribution in [0.3, 0.4) is 0 Å². The maximum absolute atomic E-state index is 5.93. The van der Waals surface area contributed by atoms with Gasteiger partial charge in [0.25, 0.3) is 0 Å². The number of methoxy groups -OCH3 is 1. The third-order valence-corrected chi connectivity index (χ3v) is 5.40. The molecule has 0 aliphatic carbocycles. The van der Waals surface area contributed by atoms with Crippen molar-refractivity contribution in [2.24, 2.45) is 10.2 Å². The molecule has 0 unspecified atom stereocenters. The lowest BCUT2D eigenvalue weighted by Crippen LogP contribution is -2.13. The highest BCUT2D eigenvalue weighted by Gasteiger charge is 2.10. The molecule has 0 radical (unpaired) electrons. The minimum absolute atomic E-state index is 0.698. The summed E-state index contributed by atoms with van der Waals surface area (Å²) in [6.45, 7) is 0. The average molecular weight is 420 g/mol. The average Bonchev–Trinajstić information content (AvgIpc) is 3.19. The number of benzene rings is 3. The van der Waals surface area contributed by atoms with E-state index in [0.717, 1.165) is 33.1 Å². The number of aromatic nitrogens is 1. The fourth-order valence-electron chi connectivity index (χ4n) is 2.86. The molecule has 0 N–H and O–H groups in total. The first kappa shape index (κ1) is 19.2. The van der Waals surface area contributed by atoms with E-state index in [1.165, 1.54) is 0 Å². The predicted octanol–water partition coefficient (Wildman–Crippen LogP) is 5.80. The van der Waals surface area contributed by atoms with Gasteiger partial charge in [0.15, 0.2) is 0 Å². The van der Waals surface area contributed by atoms with Gasteiger partial charge in [-0.1, -0.05) is 41.9 Å². The summed E-state index contributed by atoms with van der Waals surface area (Å²) in [5.74, 6) is 0.827. The molecule has 3 aromatic carbocycles. The van der Waals surface area contributed by atoms with Crippen LogP contribution in [-0.2, 0) is 0 Å². The van der Waals surface area contributed by atoms with E-state index < -0.39 is 0 Å². The number of nitrogens with zero attached hydrogens (tertiary/aromatic N) is 3. The standard InChI is InChI=1S/C23H18ClN3OS/c1-28-21-13-9-18(10-14-21)22-16-29-23(27(22)20-5-3-2-4-6-20)26-25-15-17-7-11-19(24)12-8-17/h2-16H,1H3/b25-15-,26-23-. The zero-order chi connectivity index (χ0) is 20.1. The van der Waals surface area contributed by atoms with E-state index in [2.05, 4.69) is 32.3 Å². The topological polar surface area (TPSA) is 38.9 Å². The SMILES string of the molecule is COc1ccc(-c2cs/c(=N\N=C/c3ccc(Cl)cc3)n2-c2ccccc2)cc1. The van der Waals surface area contributed by atoms with Crippen LogP contribution >= 0.6 is 22.9 Å². The molecular formula is C23H18ClN3OS. The van der Waals surface area contributed by atoms with Gasteiger partial charge in [0.05, 0.1) is 19.0 Å². The van der Waals surface area contributed by atoms with Gasteiger partial charge in [-0.15, -0.1) is 16.4 Å². The molecule has 144 valence electrons. The van der Waals surface area contributed by atoms with E-state index in [4.69, 9.17) is 16.3 Å². The molecule has 0 saturated carbocycles. The van der Waals surface area contributed by atoms with Crippen molar-refractivity contribution in [1.82, 2.24) is 4.57 Å². The Labute approximate surface area is 178 Å². The summed E-state index contributed by atoms with van der Waals surface area (Å²) < 4.78 is 7.38. The minimum atomic E-state index is 0.698. The fraction of sp³-hybridized carbons (Fsp3) is 0.0435. The normalized spacial score (nSPS) is 11.9. The second kappa shape index (κ2) is 8.90. The molecule has 4 nitrogen and oxygen atoms in total. The Hall–Kier alpha value is -3.15. The zero-order valence-electron chi connectivity index (χ0n) is 15.7. The number of thiazole rings is 1. The van der Waals surface area contributed by atoms with Gasteiger partial charge in [0, 0.05) is 16.1 Å². The number of hydrogen-bond donors (Lipinski definition) is 0. The Kier molecular flexibility index (Phi) is 5.89. The largest absolute Gasteiger partial charge is 0.497 e. The van der Waals surface area contributed by atoms with Gasteiger partial charge >= 0.3 is 0 Å². The highest BCUT2D eigenvalue weighted by molar-refractivity contribution is 7.07. The summed E-state index contributed by atoms with van der Waals surface area (Å²) in [6.07, 6.45) is 1.72. The number of para-hydroxylation sites is 1. The second-order valence-corrected chi connectivity index (χ2v) is 7.47. The molecule has 0 bridgehead atoms. The molecule has 4 rings (SSSR count). The highest BCUT2D eigenvalue weighted by atomic mass is 35.5. The summed E-state index contributed by atoms with van der Waals surface area (Å²) >= 11 is 7.48. The second-order valence-electron chi connectivity index (χ2n) is 6.20. The van der Waals surface area contributed by atoms with Crippen molar-refractivity contribution in [3.05, 3.63) is 99.6 Å². The van der Waals surface area contributed by atoms with Gasteiger partial charge in [-0.05, 0) is 59.7 Å². The van der Waals surface area contributed by atoms with Crippen LogP contribution in [0, 0.1) is 0 Å². The molecule has 6 heteroatoms. The highest BCUT2D eigenvalue weighted by Crippen LogP contribution is 2.25. The van der Waals surface area contributed by atoms with Gasteiger partial charge < -0.3 is 4.74 Å². The number of hydrogen-bond acceptors (Lipinski definition) is 4. The quantitative estimate of drug-likeness (QED) is 0.297. The van der Waals surface area contributed by atoms with Crippen LogP contribution in [0.2, 0.25) is 5.02 Å². The van der Waals surface area contributed by atoms with E-state index >= 15 is 0 Å². The predicted molar refractivity (Wildman–Crippen MR) is 120 cm³/mol. The number of ether oxygens (including phenoxy) is 1. The van der Waals surface area contributed by atoms with Crippen LogP contribution in [0.25, 0.3) is 16.9 Å². The maximum Gasteiger partial charge on any atom is 0.215 e. The molecule has 0 aliphatic heterocycles. The van der Waals surface area contributed by atoms with Crippen molar-refractivity contribution in [3.63, 3.8) is 0 Å². The first-order valence-corrected chi connectivity index (χ1v) is 10.2. The van der Waals surface area contributed by atoms with Crippen LogP contribution in [0.15, 0.2) is 94.4 Å². The molecule has 29 heavy (non-hydrogen) atoms. The van der Waals surface area contributed by atoms with Crippen LogP contribution in [0.4, 0.5) is 0 Å². The van der Waals surface area contributed by atoms with Crippen molar-refractivity contribution in [2.75, 3.05) is 7.11 Å². The molecule has 0 amide bonds. The van der Waals surface area contributed by atoms with Crippen molar-refractivity contribution < 1.29 is 4.74 Å². The van der Waals surface area contributed by atoms with Crippen LogP contribution in [0.1, 0.15) is 5.56 Å². The maximum atomic E-state index is 5.93. The van der Waals surface area contributed by atoms with Crippen molar-refractivity contribution >= 4 is 29.2 Å². The van der Waals surface area contributed by atoms with Gasteiger partial charge in [0.1, 0.15) is 5.75 Å². The van der Waals surface area contributed by atoms with Gasteiger partial charge in [-0.2, -0.15) is 5.10 Å². The van der Waals surface area contributed by atoms with Gasteiger partial charge in [-0.3, -0.25) is 4.57 Å². The van der Waals surface area contributed by atoms with E-state index in [0.29, 0.717) is 5.02 Å². The fourth-order valence-corrected chi connectivity index (χ4v) is 3.85. The first-order valence-electron chi connectivity index (χ1n) is 8.97. The first-order chi connectivity index (χ1) is 14.2. The lowest BCUT2D eigenvalue weighted by molar-refractivity contribution is 0.415. The zero-order valence-corrected chi connectivity index (χ0v) is 17.3. The molecule has 0 aliphatic rings. The Balaban J connectivity index is 1.77. The minimum Gasteiger partial charge on any atom is -0.497 e. The van der Waals surface area contributed by atoms with Crippen LogP contribution < -0.4 is 9.54 Å². The van der Waals surface area contributed by atoms with Crippen molar-refractivity contribution in [1.29, 1.82) is 0 Å². The van der Waals surface area contributed by atoms with E-state index in [1.54, 1.807) is 24.7 Å². The molecule has 1 heterocycles. The number of rotatable bonds is 5. The summed E-state index contributed by atoms with van der Waals surface area (Å²) in [6, 6.07) is 25.6. The van der Waals surface area contributed by atoms with E-state index in [-0.39, 0.29) is 0 Å². The summed E-state index contributed by atoms with van der Waals surface area (Å²) in [5, 5.41) is 11.5. The Morgan fingerprint density at radius 1 is 0.931 bits per heavy atom. The Morgan fingerprint density at radius 3 is 2.34 bits per heavy atom. The lowest BCUT2D eigenvalue weighted by atomic mass is 10.1. The van der Waals surface area contributed by atoms with Crippen molar-refractivity contribution in [3.8, 4) is 22.7 Å². The van der Waals surface area contributed by atoms with E-state index in [1.807, 2.05) is 66.7 Å². The summed E-state index contributed by atoms with van der Waals surface area (Å²) in [4.78, 5) is 0.784. The third kappa shape index (κ3) is 4.47. The van der Waals surface area contributed by atoms with Gasteiger partial charge in [0.2, 0.25) is 4.80 Å². The molecule has 1 aromatic heterocycles. The molecule has 0 spiro atoms. The molecule has 0 atom stereocenters. The van der Waals surface area contributed by atoms with Crippen LogP contribution in [-0.4, -0.2) is 17.9 Å². The lowest BCUT2D eigenvalue weighted by Gasteiger charge is -2.09. The smallest absolute Gasteiger partial charge is 0.215 e. The third-order valence-electron chi connectivity index (χ3n) is 4.33. The summed E-state index contributed by atoms with van der Waals surface area (Å²) in [7, 11) is 1.67. The van der Waals surface area contributed by atoms with Crippen molar-refractivity contribution in [2.45, 2.75) is 0 Å². The van der Waals surface area contributed by atoms with Gasteiger partial charge in [-0.25, -0.2) is 0 Å². The summed E-state index contributed by atoms with van der Waals surface area (Å²) in [5.41, 5.74) is 4.09. The Bertz CT molecular complexity index is 1180. The molecule has 4 aromatic rings. The molecule has 0 saturated heterocycles. The van der Waals surface area contributed by atoms with E-state index in [9.17, 15) is 0 Å². The molecule has 0 fully saturated rings.